The molecule has 19 nitrogen and oxygen atoms in total. The molecule has 0 bridgehead atoms. The number of anilines is 2. The van der Waals surface area contributed by atoms with Crippen LogP contribution in [0.25, 0.3) is 11.0 Å². The van der Waals surface area contributed by atoms with Crippen molar-refractivity contribution in [3.05, 3.63) is 6.20 Å². The SMILES string of the molecule is C#CCOCOCCOCCOCCNC(=O)C1CN(c2nc(NC3CCCC3)c3cnn([C@@H]4O[C@H](COC(C)=O)[C@@H](OC(C)=O)[C@H]4OC(C)=O)c3n2)C1. The predicted octanol–water partition coefficient (Wildman–Crippen LogP) is 0.714. The summed E-state index contributed by atoms with van der Waals surface area (Å²) >= 11 is 0. The van der Waals surface area contributed by atoms with Gasteiger partial charge in [-0.25, -0.2) is 4.68 Å². The van der Waals surface area contributed by atoms with E-state index in [0.29, 0.717) is 75.5 Å². The lowest BCUT2D eigenvalue weighted by atomic mass is 10.00. The van der Waals surface area contributed by atoms with Crippen LogP contribution in [0.15, 0.2) is 6.20 Å². The van der Waals surface area contributed by atoms with Gasteiger partial charge in [-0.15, -0.1) is 6.42 Å². The van der Waals surface area contributed by atoms with Gasteiger partial charge < -0.3 is 53.4 Å². The predicted molar refractivity (Wildman–Crippen MR) is 189 cm³/mol. The number of nitrogens with one attached hydrogen (secondary N) is 2. The normalized spacial score (nSPS) is 21.4. The van der Waals surface area contributed by atoms with Crippen LogP contribution in [-0.4, -0.2) is 141 Å². The molecule has 1 saturated carbocycles. The van der Waals surface area contributed by atoms with Crippen molar-refractivity contribution in [1.29, 1.82) is 0 Å². The second-order valence-corrected chi connectivity index (χ2v) is 13.0. The van der Waals surface area contributed by atoms with Crippen LogP contribution in [0.3, 0.4) is 0 Å². The first-order valence-corrected chi connectivity index (χ1v) is 18.1. The number of amides is 1. The average Bonchev–Trinajstić information content (AvgIpc) is 3.85. The molecular weight excluding hydrogens is 710 g/mol. The Balaban J connectivity index is 1.21. The zero-order valence-electron chi connectivity index (χ0n) is 30.9. The molecule has 2 aromatic heterocycles. The van der Waals surface area contributed by atoms with Gasteiger partial charge in [0.15, 0.2) is 24.1 Å². The number of carbonyl (C=O) groups is 4. The largest absolute Gasteiger partial charge is 0.463 e. The van der Waals surface area contributed by atoms with Crippen molar-refractivity contribution in [3.63, 3.8) is 0 Å². The molecule has 0 unspecified atom stereocenters. The minimum atomic E-state index is -1.14. The lowest BCUT2D eigenvalue weighted by Gasteiger charge is -2.38. The van der Waals surface area contributed by atoms with Crippen LogP contribution < -0.4 is 15.5 Å². The fourth-order valence-corrected chi connectivity index (χ4v) is 6.36. The number of carbonyl (C=O) groups excluding carboxylic acids is 4. The van der Waals surface area contributed by atoms with E-state index in [1.54, 1.807) is 6.20 Å². The molecule has 4 atom stereocenters. The molecular formula is C35H49N7O12. The van der Waals surface area contributed by atoms with Crippen LogP contribution in [0.1, 0.15) is 52.7 Å². The average molecular weight is 760 g/mol. The monoisotopic (exact) mass is 759 g/mol. The lowest BCUT2D eigenvalue weighted by molar-refractivity contribution is -0.166. The van der Waals surface area contributed by atoms with E-state index in [1.165, 1.54) is 25.5 Å². The van der Waals surface area contributed by atoms with Gasteiger partial charge in [0.25, 0.3) is 0 Å². The molecule has 0 spiro atoms. The molecule has 2 aliphatic heterocycles. The molecule has 2 N–H and O–H groups in total. The van der Waals surface area contributed by atoms with Crippen molar-refractivity contribution < 1.29 is 57.1 Å². The maximum atomic E-state index is 12.9. The second-order valence-electron chi connectivity index (χ2n) is 13.0. The van der Waals surface area contributed by atoms with Gasteiger partial charge in [-0.05, 0) is 12.8 Å². The van der Waals surface area contributed by atoms with Gasteiger partial charge in [-0.3, -0.25) is 19.2 Å². The fourth-order valence-electron chi connectivity index (χ4n) is 6.36. The molecule has 54 heavy (non-hydrogen) atoms. The second kappa shape index (κ2) is 20.2. The quantitative estimate of drug-likeness (QED) is 0.0590. The number of hydrogen-bond donors (Lipinski definition) is 2. The van der Waals surface area contributed by atoms with E-state index in [9.17, 15) is 19.2 Å². The summed E-state index contributed by atoms with van der Waals surface area (Å²) in [5, 5.41) is 11.6. The summed E-state index contributed by atoms with van der Waals surface area (Å²) in [5.74, 6) is 1.07. The summed E-state index contributed by atoms with van der Waals surface area (Å²) in [6.07, 6.45) is 6.55. The number of fused-ring (bicyclic) bond motifs is 1. The highest BCUT2D eigenvalue weighted by atomic mass is 16.7. The molecule has 2 aromatic rings. The summed E-state index contributed by atoms with van der Waals surface area (Å²) < 4.78 is 45.2. The Hall–Kier alpha value is -4.61. The van der Waals surface area contributed by atoms with E-state index < -0.39 is 42.4 Å². The topological polar surface area (TPSA) is 213 Å². The smallest absolute Gasteiger partial charge is 0.303 e. The molecule has 296 valence electrons. The first-order valence-electron chi connectivity index (χ1n) is 18.1. The number of rotatable bonds is 21. The Morgan fingerprint density at radius 2 is 1.59 bits per heavy atom. The van der Waals surface area contributed by atoms with E-state index in [1.807, 2.05) is 4.90 Å². The fraction of sp³-hybridized carbons (Fsp3) is 0.686. The molecule has 3 aliphatic rings. The van der Waals surface area contributed by atoms with Gasteiger partial charge >= 0.3 is 17.9 Å². The van der Waals surface area contributed by atoms with Gasteiger partial charge in [-0.2, -0.15) is 15.1 Å². The third kappa shape index (κ3) is 11.2. The van der Waals surface area contributed by atoms with Crippen molar-refractivity contribution in [1.82, 2.24) is 25.1 Å². The molecule has 1 aliphatic carbocycles. The number of esters is 3. The van der Waals surface area contributed by atoms with Gasteiger partial charge in [0.2, 0.25) is 11.9 Å². The van der Waals surface area contributed by atoms with Crippen LogP contribution in [-0.2, 0) is 57.1 Å². The molecule has 4 heterocycles. The number of terminal acetylenes is 1. The molecule has 1 amide bonds. The van der Waals surface area contributed by atoms with Crippen LogP contribution >= 0.6 is 0 Å². The van der Waals surface area contributed by atoms with Gasteiger partial charge in [0.1, 0.15) is 31.9 Å². The molecule has 3 fully saturated rings. The van der Waals surface area contributed by atoms with E-state index >= 15 is 0 Å². The molecule has 0 radical (unpaired) electrons. The van der Waals surface area contributed by atoms with Gasteiger partial charge in [-0.1, -0.05) is 18.8 Å². The van der Waals surface area contributed by atoms with Gasteiger partial charge in [0, 0.05) is 46.4 Å². The minimum Gasteiger partial charge on any atom is -0.463 e. The highest BCUT2D eigenvalue weighted by Crippen LogP contribution is 2.38. The maximum Gasteiger partial charge on any atom is 0.303 e. The van der Waals surface area contributed by atoms with Crippen LogP contribution in [0.5, 0.6) is 0 Å². The lowest BCUT2D eigenvalue weighted by Crippen LogP contribution is -2.54. The summed E-state index contributed by atoms with van der Waals surface area (Å²) in [4.78, 5) is 60.5. The molecule has 0 aromatic carbocycles. The summed E-state index contributed by atoms with van der Waals surface area (Å²) in [7, 11) is 0. The first kappa shape index (κ1) is 40.6. The van der Waals surface area contributed by atoms with Crippen molar-refractivity contribution in [2.75, 3.05) is 82.9 Å². The molecule has 19 heteroatoms. The Morgan fingerprint density at radius 3 is 2.28 bits per heavy atom. The first-order chi connectivity index (χ1) is 26.1. The summed E-state index contributed by atoms with van der Waals surface area (Å²) in [6, 6.07) is 0.208. The van der Waals surface area contributed by atoms with E-state index in [4.69, 9.17) is 54.3 Å². The van der Waals surface area contributed by atoms with E-state index in [-0.39, 0.29) is 37.9 Å². The van der Waals surface area contributed by atoms with Crippen LogP contribution in [0.4, 0.5) is 11.8 Å². The van der Waals surface area contributed by atoms with Crippen molar-refractivity contribution in [2.24, 2.45) is 5.92 Å². The number of ether oxygens (including phenoxy) is 8. The number of nitrogens with zero attached hydrogens (tertiary/aromatic N) is 5. The zero-order valence-corrected chi connectivity index (χ0v) is 30.9. The Kier molecular flexibility index (Phi) is 15.2. The van der Waals surface area contributed by atoms with Crippen molar-refractivity contribution in [3.8, 4) is 12.3 Å². The molecule has 2 saturated heterocycles. The summed E-state index contributed by atoms with van der Waals surface area (Å²) in [6.45, 7) is 6.74. The van der Waals surface area contributed by atoms with Gasteiger partial charge in [0.05, 0.1) is 50.5 Å². The minimum absolute atomic E-state index is 0.107. The number of aromatic nitrogens is 4. The Morgan fingerprint density at radius 1 is 0.907 bits per heavy atom. The Bertz CT molecular complexity index is 1620. The highest BCUT2D eigenvalue weighted by molar-refractivity contribution is 5.88. The van der Waals surface area contributed by atoms with Crippen LogP contribution in [0, 0.1) is 18.3 Å². The van der Waals surface area contributed by atoms with Crippen molar-refractivity contribution >= 4 is 46.6 Å². The Labute approximate surface area is 313 Å². The van der Waals surface area contributed by atoms with Crippen LogP contribution in [0.2, 0.25) is 0 Å². The van der Waals surface area contributed by atoms with E-state index in [2.05, 4.69) is 21.7 Å². The summed E-state index contributed by atoms with van der Waals surface area (Å²) in [5.41, 5.74) is 0.369. The highest BCUT2D eigenvalue weighted by Gasteiger charge is 2.51. The third-order valence-electron chi connectivity index (χ3n) is 8.90. The zero-order chi connectivity index (χ0) is 38.5. The van der Waals surface area contributed by atoms with E-state index in [0.717, 1.165) is 25.7 Å². The number of hydrogen-bond acceptors (Lipinski definition) is 17. The van der Waals surface area contributed by atoms with Crippen molar-refractivity contribution in [2.45, 2.75) is 77.0 Å². The maximum absolute atomic E-state index is 12.9. The third-order valence-corrected chi connectivity index (χ3v) is 8.90. The standard InChI is InChI=1S/C35H49N7O12/c1-5-11-49-21-50-16-15-48-14-13-47-12-10-36-33(46)25-18-41(19-25)35-39-31(38-26-8-6-7-9-26)27-17-37-42(32(27)40-35)34-30(53-24(4)45)29(52-23(3)44)28(54-34)20-51-22(2)43/h1,17,25-26,28-30,34H,6-16,18-21H2,2-4H3,(H,36,46)(H,38,39,40)/t28-,29-,30-,34-/m1/s1. The molecule has 5 rings (SSSR count).